The molecule has 2 aromatic carbocycles. The summed E-state index contributed by atoms with van der Waals surface area (Å²) in [7, 11) is 1.57. The first-order valence-electron chi connectivity index (χ1n) is 6.28. The molecule has 0 spiro atoms. The molecule has 0 unspecified atom stereocenters. The second-order valence-corrected chi connectivity index (χ2v) is 4.46. The third kappa shape index (κ3) is 3.16. The maximum Gasteiger partial charge on any atom is 0.161 e. The molecule has 2 heteroatoms. The van der Waals surface area contributed by atoms with E-state index >= 15 is 0 Å². The predicted molar refractivity (Wildman–Crippen MR) is 77.8 cm³/mol. The second kappa shape index (κ2) is 6.10. The fourth-order valence-electron chi connectivity index (χ4n) is 2.12. The Morgan fingerprint density at radius 3 is 2.53 bits per heavy atom. The third-order valence-corrected chi connectivity index (χ3v) is 3.05. The molecular formula is C17H18O2. The Bertz CT molecular complexity index is 559. The van der Waals surface area contributed by atoms with E-state index in [4.69, 9.17) is 4.74 Å². The van der Waals surface area contributed by atoms with Gasteiger partial charge in [0.1, 0.15) is 0 Å². The minimum atomic E-state index is 0.221. The molecule has 2 nitrogen and oxygen atoms in total. The molecule has 0 bridgehead atoms. The monoisotopic (exact) mass is 254 g/mol. The van der Waals surface area contributed by atoms with E-state index in [0.29, 0.717) is 12.2 Å². The van der Waals surface area contributed by atoms with Gasteiger partial charge in [-0.2, -0.15) is 0 Å². The Kier molecular flexibility index (Phi) is 4.24. The van der Waals surface area contributed by atoms with Gasteiger partial charge in [0.15, 0.2) is 11.5 Å². The van der Waals surface area contributed by atoms with Gasteiger partial charge in [-0.25, -0.2) is 0 Å². The summed E-state index contributed by atoms with van der Waals surface area (Å²) in [6.45, 7) is 3.74. The first-order valence-corrected chi connectivity index (χ1v) is 6.28. The van der Waals surface area contributed by atoms with Crippen LogP contribution in [-0.4, -0.2) is 12.2 Å². The summed E-state index contributed by atoms with van der Waals surface area (Å²) in [5, 5.41) is 10.2. The lowest BCUT2D eigenvalue weighted by atomic mass is 10.00. The molecule has 98 valence electrons. The average molecular weight is 254 g/mol. The van der Waals surface area contributed by atoms with Crippen LogP contribution in [0.25, 0.3) is 0 Å². The van der Waals surface area contributed by atoms with Crippen molar-refractivity contribution < 1.29 is 9.84 Å². The summed E-state index contributed by atoms with van der Waals surface area (Å²) < 4.78 is 5.23. The summed E-state index contributed by atoms with van der Waals surface area (Å²) in [6, 6.07) is 13.9. The van der Waals surface area contributed by atoms with Crippen molar-refractivity contribution in [3.05, 3.63) is 71.8 Å². The zero-order valence-electron chi connectivity index (χ0n) is 11.1. The highest BCUT2D eigenvalue weighted by Gasteiger charge is 2.10. The first-order chi connectivity index (χ1) is 9.24. The van der Waals surface area contributed by atoms with Gasteiger partial charge in [-0.3, -0.25) is 0 Å². The van der Waals surface area contributed by atoms with Crippen molar-refractivity contribution >= 4 is 0 Å². The number of rotatable bonds is 5. The van der Waals surface area contributed by atoms with Crippen LogP contribution in [0, 0.1) is 0 Å². The molecular weight excluding hydrogens is 236 g/mol. The third-order valence-electron chi connectivity index (χ3n) is 3.05. The van der Waals surface area contributed by atoms with Gasteiger partial charge in [0.25, 0.3) is 0 Å². The Balaban J connectivity index is 2.37. The smallest absolute Gasteiger partial charge is 0.161 e. The lowest BCUT2D eigenvalue weighted by Crippen LogP contribution is -1.95. The van der Waals surface area contributed by atoms with Gasteiger partial charge in [0, 0.05) is 12.0 Å². The number of aromatic hydroxyl groups is 1. The number of phenols is 1. The zero-order chi connectivity index (χ0) is 13.7. The maximum absolute atomic E-state index is 10.2. The van der Waals surface area contributed by atoms with E-state index in [-0.39, 0.29) is 5.75 Å². The van der Waals surface area contributed by atoms with Crippen molar-refractivity contribution in [2.45, 2.75) is 12.8 Å². The van der Waals surface area contributed by atoms with Crippen LogP contribution in [-0.2, 0) is 12.8 Å². The molecule has 0 saturated heterocycles. The van der Waals surface area contributed by atoms with E-state index in [1.54, 1.807) is 7.11 Å². The Labute approximate surface area is 114 Å². The lowest BCUT2D eigenvalue weighted by molar-refractivity contribution is 0.370. The van der Waals surface area contributed by atoms with Gasteiger partial charge < -0.3 is 9.84 Å². The van der Waals surface area contributed by atoms with Crippen molar-refractivity contribution in [3.63, 3.8) is 0 Å². The molecule has 0 saturated carbocycles. The van der Waals surface area contributed by atoms with Crippen molar-refractivity contribution in [2.75, 3.05) is 7.11 Å². The van der Waals surface area contributed by atoms with Crippen LogP contribution in [0.1, 0.15) is 16.7 Å². The van der Waals surface area contributed by atoms with E-state index in [0.717, 1.165) is 23.1 Å². The van der Waals surface area contributed by atoms with Crippen LogP contribution in [0.15, 0.2) is 55.1 Å². The summed E-state index contributed by atoms with van der Waals surface area (Å²) >= 11 is 0. The summed E-state index contributed by atoms with van der Waals surface area (Å²) in [4.78, 5) is 0. The number of benzene rings is 2. The summed E-state index contributed by atoms with van der Waals surface area (Å²) in [5.74, 6) is 0.740. The predicted octanol–water partition coefficient (Wildman–Crippen LogP) is 3.72. The van der Waals surface area contributed by atoms with Crippen molar-refractivity contribution in [2.24, 2.45) is 0 Å². The number of methoxy groups -OCH3 is 1. The normalized spacial score (nSPS) is 10.2. The largest absolute Gasteiger partial charge is 0.504 e. The number of phenolic OH excluding ortho intramolecular Hbond substituents is 1. The molecule has 19 heavy (non-hydrogen) atoms. The molecule has 0 radical (unpaired) electrons. The van der Waals surface area contributed by atoms with E-state index in [9.17, 15) is 5.11 Å². The van der Waals surface area contributed by atoms with E-state index in [1.807, 2.05) is 48.5 Å². The van der Waals surface area contributed by atoms with Gasteiger partial charge in [0.2, 0.25) is 0 Å². The molecule has 0 amide bonds. The van der Waals surface area contributed by atoms with Gasteiger partial charge in [-0.15, -0.1) is 6.58 Å². The molecule has 2 rings (SSSR count). The van der Waals surface area contributed by atoms with Crippen molar-refractivity contribution in [1.29, 1.82) is 0 Å². The number of hydrogen-bond acceptors (Lipinski definition) is 2. The van der Waals surface area contributed by atoms with Crippen LogP contribution < -0.4 is 4.74 Å². The molecule has 0 aliphatic heterocycles. The standard InChI is InChI=1S/C17H18O2/c1-3-7-14-11-15(17(18)16(12-14)19-2)10-13-8-5-4-6-9-13/h3-6,8-9,11-12,18H,1,7,10H2,2H3. The second-order valence-electron chi connectivity index (χ2n) is 4.46. The van der Waals surface area contributed by atoms with Crippen LogP contribution in [0.3, 0.4) is 0 Å². The summed E-state index contributed by atoms with van der Waals surface area (Å²) in [6.07, 6.45) is 3.30. The fraction of sp³-hybridized carbons (Fsp3) is 0.176. The lowest BCUT2D eigenvalue weighted by Gasteiger charge is -2.11. The Hall–Kier alpha value is -2.22. The zero-order valence-corrected chi connectivity index (χ0v) is 11.1. The summed E-state index contributed by atoms with van der Waals surface area (Å²) in [5.41, 5.74) is 3.13. The SMILES string of the molecule is C=CCc1cc(Cc2ccccc2)c(O)c(OC)c1. The van der Waals surface area contributed by atoms with Gasteiger partial charge in [-0.1, -0.05) is 42.5 Å². The van der Waals surface area contributed by atoms with Crippen molar-refractivity contribution in [1.82, 2.24) is 0 Å². The molecule has 0 aromatic heterocycles. The molecule has 1 N–H and O–H groups in total. The van der Waals surface area contributed by atoms with E-state index in [1.165, 1.54) is 0 Å². The molecule has 2 aromatic rings. The minimum absolute atomic E-state index is 0.221. The molecule has 0 fully saturated rings. The van der Waals surface area contributed by atoms with E-state index < -0.39 is 0 Å². The molecule has 0 atom stereocenters. The highest BCUT2D eigenvalue weighted by Crippen LogP contribution is 2.33. The maximum atomic E-state index is 10.2. The Morgan fingerprint density at radius 1 is 1.16 bits per heavy atom. The molecule has 0 aliphatic rings. The van der Waals surface area contributed by atoms with Crippen LogP contribution >= 0.6 is 0 Å². The van der Waals surface area contributed by atoms with Gasteiger partial charge in [-0.05, 0) is 23.6 Å². The Morgan fingerprint density at radius 2 is 1.89 bits per heavy atom. The van der Waals surface area contributed by atoms with Gasteiger partial charge >= 0.3 is 0 Å². The van der Waals surface area contributed by atoms with E-state index in [2.05, 4.69) is 6.58 Å². The highest BCUT2D eigenvalue weighted by molar-refractivity contribution is 5.50. The van der Waals surface area contributed by atoms with Crippen LogP contribution in [0.5, 0.6) is 11.5 Å². The van der Waals surface area contributed by atoms with Crippen LogP contribution in [0.2, 0.25) is 0 Å². The number of allylic oxidation sites excluding steroid dienone is 1. The highest BCUT2D eigenvalue weighted by atomic mass is 16.5. The van der Waals surface area contributed by atoms with Crippen LogP contribution in [0.4, 0.5) is 0 Å². The number of hydrogen-bond donors (Lipinski definition) is 1. The average Bonchev–Trinajstić information content (AvgIpc) is 2.43. The van der Waals surface area contributed by atoms with Crippen molar-refractivity contribution in [3.8, 4) is 11.5 Å². The topological polar surface area (TPSA) is 29.5 Å². The quantitative estimate of drug-likeness (QED) is 0.824. The fourth-order valence-corrected chi connectivity index (χ4v) is 2.12. The minimum Gasteiger partial charge on any atom is -0.504 e. The first kappa shape index (κ1) is 13.2. The van der Waals surface area contributed by atoms with Gasteiger partial charge in [0.05, 0.1) is 7.11 Å². The molecule has 0 aliphatic carbocycles. The molecule has 0 heterocycles. The number of ether oxygens (including phenoxy) is 1.